The van der Waals surface area contributed by atoms with Crippen molar-refractivity contribution in [3.63, 3.8) is 0 Å². The van der Waals surface area contributed by atoms with E-state index in [2.05, 4.69) is 5.32 Å². The van der Waals surface area contributed by atoms with Gasteiger partial charge >= 0.3 is 0 Å². The first kappa shape index (κ1) is 15.4. The van der Waals surface area contributed by atoms with Crippen molar-refractivity contribution in [2.75, 3.05) is 25.6 Å². The van der Waals surface area contributed by atoms with Gasteiger partial charge in [0, 0.05) is 23.4 Å². The number of methoxy groups -OCH3 is 1. The minimum atomic E-state index is -0.180. The number of anilines is 1. The van der Waals surface area contributed by atoms with Crippen LogP contribution in [0.5, 0.6) is 5.75 Å². The number of rotatable bonds is 6. The summed E-state index contributed by atoms with van der Waals surface area (Å²) < 4.78 is 10.3. The molecule has 0 aliphatic rings. The van der Waals surface area contributed by atoms with Crippen LogP contribution in [0.15, 0.2) is 48.5 Å². The van der Waals surface area contributed by atoms with E-state index in [4.69, 9.17) is 21.1 Å². The minimum absolute atomic E-state index is 0.180. The Hall–Kier alpha value is -2.04. The maximum Gasteiger partial charge on any atom is 0.255 e. The molecule has 0 fully saturated rings. The molecule has 0 bridgehead atoms. The third kappa shape index (κ3) is 4.77. The fourth-order valence-corrected chi connectivity index (χ4v) is 1.81. The van der Waals surface area contributed by atoms with Gasteiger partial charge in [-0.25, -0.2) is 0 Å². The Kier molecular flexibility index (Phi) is 5.60. The van der Waals surface area contributed by atoms with Gasteiger partial charge in [0.05, 0.1) is 6.61 Å². The molecule has 0 aliphatic heterocycles. The predicted octanol–water partition coefficient (Wildman–Crippen LogP) is 3.62. The second-order valence-corrected chi connectivity index (χ2v) is 4.76. The van der Waals surface area contributed by atoms with Crippen molar-refractivity contribution in [1.82, 2.24) is 0 Å². The number of hydrogen-bond acceptors (Lipinski definition) is 3. The second kappa shape index (κ2) is 7.67. The molecule has 2 rings (SSSR count). The van der Waals surface area contributed by atoms with Crippen molar-refractivity contribution in [1.29, 1.82) is 0 Å². The standard InChI is InChI=1S/C16H16ClNO3/c1-20-10-11-21-15-8-2-12(3-9-15)16(19)18-14-6-4-13(17)5-7-14/h2-9H,10-11H2,1H3,(H,18,19). The molecule has 0 unspecified atom stereocenters. The van der Waals surface area contributed by atoms with E-state index in [0.29, 0.717) is 35.2 Å². The van der Waals surface area contributed by atoms with Gasteiger partial charge in [-0.15, -0.1) is 0 Å². The van der Waals surface area contributed by atoms with E-state index in [1.54, 1.807) is 55.6 Å². The lowest BCUT2D eigenvalue weighted by Crippen LogP contribution is -2.11. The molecule has 0 aromatic heterocycles. The van der Waals surface area contributed by atoms with Crippen LogP contribution in [0.25, 0.3) is 0 Å². The van der Waals surface area contributed by atoms with Crippen LogP contribution in [0.4, 0.5) is 5.69 Å². The molecule has 2 aromatic rings. The molecular weight excluding hydrogens is 290 g/mol. The van der Waals surface area contributed by atoms with Gasteiger partial charge in [0.15, 0.2) is 0 Å². The highest BCUT2D eigenvalue weighted by Gasteiger charge is 2.06. The van der Waals surface area contributed by atoms with Crippen LogP contribution in [0.1, 0.15) is 10.4 Å². The van der Waals surface area contributed by atoms with E-state index in [9.17, 15) is 4.79 Å². The van der Waals surface area contributed by atoms with Crippen LogP contribution >= 0.6 is 11.6 Å². The Labute approximate surface area is 128 Å². The molecule has 4 nitrogen and oxygen atoms in total. The second-order valence-electron chi connectivity index (χ2n) is 4.33. The molecule has 0 radical (unpaired) electrons. The zero-order chi connectivity index (χ0) is 15.1. The maximum atomic E-state index is 12.1. The van der Waals surface area contributed by atoms with Crippen LogP contribution < -0.4 is 10.1 Å². The fourth-order valence-electron chi connectivity index (χ4n) is 1.68. The summed E-state index contributed by atoms with van der Waals surface area (Å²) in [5, 5.41) is 3.43. The summed E-state index contributed by atoms with van der Waals surface area (Å²) in [5.41, 5.74) is 1.26. The van der Waals surface area contributed by atoms with Crippen LogP contribution in [0.3, 0.4) is 0 Å². The van der Waals surface area contributed by atoms with Crippen LogP contribution in [-0.2, 0) is 4.74 Å². The highest BCUT2D eigenvalue weighted by atomic mass is 35.5. The van der Waals surface area contributed by atoms with Crippen molar-refractivity contribution in [3.05, 3.63) is 59.1 Å². The highest BCUT2D eigenvalue weighted by molar-refractivity contribution is 6.30. The van der Waals surface area contributed by atoms with Gasteiger partial charge in [-0.1, -0.05) is 11.6 Å². The molecular formula is C16H16ClNO3. The zero-order valence-electron chi connectivity index (χ0n) is 11.6. The molecule has 0 heterocycles. The van der Waals surface area contributed by atoms with E-state index < -0.39 is 0 Å². The summed E-state index contributed by atoms with van der Waals surface area (Å²) in [5.74, 6) is 0.524. The van der Waals surface area contributed by atoms with Crippen molar-refractivity contribution in [2.24, 2.45) is 0 Å². The minimum Gasteiger partial charge on any atom is -0.491 e. The molecule has 0 saturated carbocycles. The first-order chi connectivity index (χ1) is 10.2. The van der Waals surface area contributed by atoms with Gasteiger partial charge in [0.25, 0.3) is 5.91 Å². The summed E-state index contributed by atoms with van der Waals surface area (Å²) in [6.45, 7) is 1.01. The van der Waals surface area contributed by atoms with E-state index in [1.165, 1.54) is 0 Å². The van der Waals surface area contributed by atoms with E-state index in [1.807, 2.05) is 0 Å². The van der Waals surface area contributed by atoms with Gasteiger partial charge in [-0.3, -0.25) is 4.79 Å². The zero-order valence-corrected chi connectivity index (χ0v) is 12.4. The summed E-state index contributed by atoms with van der Waals surface area (Å²) in [7, 11) is 1.62. The van der Waals surface area contributed by atoms with Gasteiger partial charge in [0.2, 0.25) is 0 Å². The Morgan fingerprint density at radius 3 is 2.33 bits per heavy atom. The SMILES string of the molecule is COCCOc1ccc(C(=O)Nc2ccc(Cl)cc2)cc1. The average Bonchev–Trinajstić information content (AvgIpc) is 2.50. The number of nitrogens with one attached hydrogen (secondary N) is 1. The number of carbonyl (C=O) groups is 1. The molecule has 1 N–H and O–H groups in total. The van der Waals surface area contributed by atoms with Crippen molar-refractivity contribution >= 4 is 23.2 Å². The summed E-state index contributed by atoms with van der Waals surface area (Å²) in [4.78, 5) is 12.1. The number of halogens is 1. The molecule has 0 saturated heterocycles. The van der Waals surface area contributed by atoms with Crippen molar-refractivity contribution < 1.29 is 14.3 Å². The molecule has 5 heteroatoms. The lowest BCUT2D eigenvalue weighted by atomic mass is 10.2. The average molecular weight is 306 g/mol. The molecule has 0 aliphatic carbocycles. The van der Waals surface area contributed by atoms with Crippen molar-refractivity contribution in [2.45, 2.75) is 0 Å². The lowest BCUT2D eigenvalue weighted by molar-refractivity contribution is 0.102. The number of amides is 1. The van der Waals surface area contributed by atoms with Crippen molar-refractivity contribution in [3.8, 4) is 5.75 Å². The quantitative estimate of drug-likeness (QED) is 0.829. The van der Waals surface area contributed by atoms with Gasteiger partial charge in [0.1, 0.15) is 12.4 Å². The van der Waals surface area contributed by atoms with Gasteiger partial charge in [-0.2, -0.15) is 0 Å². The largest absolute Gasteiger partial charge is 0.491 e. The molecule has 21 heavy (non-hydrogen) atoms. The van der Waals surface area contributed by atoms with Crippen LogP contribution in [-0.4, -0.2) is 26.2 Å². The smallest absolute Gasteiger partial charge is 0.255 e. The Morgan fingerprint density at radius 2 is 1.71 bits per heavy atom. The topological polar surface area (TPSA) is 47.6 Å². The van der Waals surface area contributed by atoms with Gasteiger partial charge in [-0.05, 0) is 48.5 Å². The first-order valence-electron chi connectivity index (χ1n) is 6.48. The number of ether oxygens (including phenoxy) is 2. The molecule has 2 aromatic carbocycles. The summed E-state index contributed by atoms with van der Waals surface area (Å²) >= 11 is 5.80. The van der Waals surface area contributed by atoms with E-state index in [0.717, 1.165) is 0 Å². The normalized spacial score (nSPS) is 10.2. The number of benzene rings is 2. The monoisotopic (exact) mass is 305 g/mol. The van der Waals surface area contributed by atoms with Crippen LogP contribution in [0.2, 0.25) is 5.02 Å². The number of hydrogen-bond donors (Lipinski definition) is 1. The van der Waals surface area contributed by atoms with E-state index in [-0.39, 0.29) is 5.91 Å². The summed E-state index contributed by atoms with van der Waals surface area (Å²) in [6.07, 6.45) is 0. The van der Waals surface area contributed by atoms with E-state index >= 15 is 0 Å². The highest BCUT2D eigenvalue weighted by Crippen LogP contribution is 2.16. The first-order valence-corrected chi connectivity index (χ1v) is 6.85. The number of carbonyl (C=O) groups excluding carboxylic acids is 1. The van der Waals surface area contributed by atoms with Gasteiger partial charge < -0.3 is 14.8 Å². The Morgan fingerprint density at radius 1 is 1.05 bits per heavy atom. The molecule has 0 atom stereocenters. The summed E-state index contributed by atoms with van der Waals surface area (Å²) in [6, 6.07) is 13.9. The maximum absolute atomic E-state index is 12.1. The third-order valence-corrected chi connectivity index (χ3v) is 3.03. The lowest BCUT2D eigenvalue weighted by Gasteiger charge is -2.07. The van der Waals surface area contributed by atoms with Crippen LogP contribution in [0, 0.1) is 0 Å². The molecule has 0 spiro atoms. The third-order valence-electron chi connectivity index (χ3n) is 2.77. The fraction of sp³-hybridized carbons (Fsp3) is 0.188. The Balaban J connectivity index is 1.94. The predicted molar refractivity (Wildman–Crippen MR) is 83.2 cm³/mol. The molecule has 110 valence electrons. The molecule has 1 amide bonds. The Bertz CT molecular complexity index is 581.